The fourth-order valence-corrected chi connectivity index (χ4v) is 5.32. The molecule has 1 fully saturated rings. The molecule has 134 valence electrons. The number of aryl methyl sites for hydroxylation is 1. The predicted molar refractivity (Wildman–Crippen MR) is 98.8 cm³/mol. The van der Waals surface area contributed by atoms with E-state index < -0.39 is 6.09 Å². The van der Waals surface area contributed by atoms with Gasteiger partial charge in [0.2, 0.25) is 6.79 Å². The third kappa shape index (κ3) is 2.31. The number of fused-ring (bicyclic) bond motifs is 3. The highest BCUT2D eigenvalue weighted by Crippen LogP contribution is 2.62. The Kier molecular flexibility index (Phi) is 3.47. The fraction of sp³-hybridized carbons (Fsp3) is 0.350. The maximum Gasteiger partial charge on any atom is 0.404 e. The van der Waals surface area contributed by atoms with Crippen LogP contribution in [0.25, 0.3) is 0 Å². The number of ether oxygens (including phenoxy) is 2. The van der Waals surface area contributed by atoms with Crippen molar-refractivity contribution in [3.63, 3.8) is 0 Å². The van der Waals surface area contributed by atoms with E-state index in [9.17, 15) is 9.90 Å². The lowest BCUT2D eigenvalue weighted by molar-refractivity contribution is 0.174. The van der Waals surface area contributed by atoms with Crippen molar-refractivity contribution in [2.75, 3.05) is 6.79 Å². The summed E-state index contributed by atoms with van der Waals surface area (Å²) in [6.07, 6.45) is 1.84. The van der Waals surface area contributed by atoms with Crippen molar-refractivity contribution in [3.8, 4) is 11.5 Å². The summed E-state index contributed by atoms with van der Waals surface area (Å²) in [4.78, 5) is 11.4. The van der Waals surface area contributed by atoms with E-state index in [2.05, 4.69) is 45.5 Å². The molecule has 0 aromatic heterocycles. The average molecular weight is 416 g/mol. The molecule has 0 saturated heterocycles. The number of rotatable bonds is 3. The largest absolute Gasteiger partial charge is 0.465 e. The van der Waals surface area contributed by atoms with Crippen LogP contribution in [0.5, 0.6) is 11.5 Å². The molecule has 1 spiro atoms. The number of carbonyl (C=O) groups is 1. The molecule has 0 radical (unpaired) electrons. The zero-order valence-corrected chi connectivity index (χ0v) is 15.6. The van der Waals surface area contributed by atoms with E-state index in [-0.39, 0.29) is 24.2 Å². The molecule has 2 aliphatic carbocycles. The van der Waals surface area contributed by atoms with Crippen LogP contribution in [0.3, 0.4) is 0 Å². The molecule has 5 nitrogen and oxygen atoms in total. The molecule has 26 heavy (non-hydrogen) atoms. The first kappa shape index (κ1) is 16.0. The normalized spacial score (nSPS) is 27.4. The van der Waals surface area contributed by atoms with Crippen molar-refractivity contribution >= 4 is 22.0 Å². The lowest BCUT2D eigenvalue weighted by Gasteiger charge is -2.13. The topological polar surface area (TPSA) is 67.8 Å². The molecule has 1 aliphatic heterocycles. The van der Waals surface area contributed by atoms with Gasteiger partial charge in [-0.05, 0) is 66.1 Å². The van der Waals surface area contributed by atoms with Crippen LogP contribution < -0.4 is 14.8 Å². The number of hydrogen-bond donors (Lipinski definition) is 2. The second-order valence-electron chi connectivity index (χ2n) is 7.27. The Bertz CT molecular complexity index is 915. The third-order valence-electron chi connectivity index (χ3n) is 6.06. The lowest BCUT2D eigenvalue weighted by atomic mass is 9.92. The van der Waals surface area contributed by atoms with Crippen LogP contribution in [0.2, 0.25) is 0 Å². The molecule has 3 aliphatic rings. The Labute approximate surface area is 159 Å². The maximum atomic E-state index is 11.4. The van der Waals surface area contributed by atoms with E-state index in [0.717, 1.165) is 40.8 Å². The molecule has 3 atom stereocenters. The van der Waals surface area contributed by atoms with Gasteiger partial charge in [-0.2, -0.15) is 0 Å². The summed E-state index contributed by atoms with van der Waals surface area (Å²) in [7, 11) is 0. The van der Waals surface area contributed by atoms with Crippen molar-refractivity contribution in [1.82, 2.24) is 5.32 Å². The molecular formula is C20H18BrNO4. The molecule has 5 rings (SSSR count). The Morgan fingerprint density at radius 3 is 2.92 bits per heavy atom. The molecule has 2 aromatic carbocycles. The van der Waals surface area contributed by atoms with Crippen LogP contribution in [0.4, 0.5) is 4.79 Å². The first-order valence-electron chi connectivity index (χ1n) is 8.75. The van der Waals surface area contributed by atoms with E-state index in [0.29, 0.717) is 0 Å². The van der Waals surface area contributed by atoms with E-state index in [4.69, 9.17) is 9.47 Å². The van der Waals surface area contributed by atoms with Crippen LogP contribution in [0, 0.1) is 5.92 Å². The summed E-state index contributed by atoms with van der Waals surface area (Å²) in [6.45, 7) is 0.262. The van der Waals surface area contributed by atoms with Gasteiger partial charge in [-0.25, -0.2) is 4.79 Å². The Balaban J connectivity index is 1.47. The second-order valence-corrected chi connectivity index (χ2v) is 8.18. The van der Waals surface area contributed by atoms with Gasteiger partial charge in [-0.3, -0.25) is 0 Å². The summed E-state index contributed by atoms with van der Waals surface area (Å²) in [5.74, 6) is 1.80. The first-order chi connectivity index (χ1) is 12.6. The van der Waals surface area contributed by atoms with E-state index >= 15 is 0 Å². The van der Waals surface area contributed by atoms with Crippen molar-refractivity contribution < 1.29 is 19.4 Å². The van der Waals surface area contributed by atoms with Gasteiger partial charge in [0.15, 0.2) is 11.5 Å². The summed E-state index contributed by atoms with van der Waals surface area (Å²) in [5, 5.41) is 12.1. The van der Waals surface area contributed by atoms with Crippen molar-refractivity contribution in [2.45, 2.75) is 30.7 Å². The number of hydrogen-bond acceptors (Lipinski definition) is 3. The molecule has 2 N–H and O–H groups in total. The monoisotopic (exact) mass is 415 g/mol. The summed E-state index contributed by atoms with van der Waals surface area (Å²) < 4.78 is 11.9. The predicted octanol–water partition coefficient (Wildman–Crippen LogP) is 3.87. The number of carboxylic acid groups (broad SMARTS) is 1. The van der Waals surface area contributed by atoms with Crippen LogP contribution in [-0.2, 0) is 18.3 Å². The SMILES string of the molecule is O=C(O)N[C@@H]1C(Cc2ccc3c(c2)OCO3)[C@@]12CCc1cc(Br)ccc12. The number of benzene rings is 2. The maximum absolute atomic E-state index is 11.4. The highest BCUT2D eigenvalue weighted by molar-refractivity contribution is 9.10. The van der Waals surface area contributed by atoms with Crippen molar-refractivity contribution in [3.05, 3.63) is 57.6 Å². The molecule has 2 aromatic rings. The van der Waals surface area contributed by atoms with E-state index in [1.54, 1.807) is 0 Å². The number of amides is 1. The minimum atomic E-state index is -0.951. The third-order valence-corrected chi connectivity index (χ3v) is 6.55. The number of nitrogens with one attached hydrogen (secondary N) is 1. The van der Waals surface area contributed by atoms with E-state index in [1.807, 2.05) is 12.1 Å². The summed E-state index contributed by atoms with van der Waals surface area (Å²) in [5.41, 5.74) is 3.68. The fourth-order valence-electron chi connectivity index (χ4n) is 4.91. The standard InChI is InChI=1S/C20H18BrNO4/c21-13-2-3-14-12(9-13)5-6-20(14)15(18(20)22-19(23)24)7-11-1-4-16-17(8-11)26-10-25-16/h1-4,8-9,15,18,22H,5-7,10H2,(H,23,24)/t15?,18-,20+/m1/s1. The average Bonchev–Trinajstić information content (AvgIpc) is 2.96. The Morgan fingerprint density at radius 2 is 2.08 bits per heavy atom. The zero-order valence-electron chi connectivity index (χ0n) is 14.0. The first-order valence-corrected chi connectivity index (χ1v) is 9.54. The molecular weight excluding hydrogens is 398 g/mol. The van der Waals surface area contributed by atoms with Crippen LogP contribution >= 0.6 is 15.9 Å². The van der Waals surface area contributed by atoms with Gasteiger partial charge in [0.25, 0.3) is 0 Å². The second kappa shape index (κ2) is 5.64. The smallest absolute Gasteiger partial charge is 0.404 e. The van der Waals surface area contributed by atoms with Gasteiger partial charge in [-0.15, -0.1) is 0 Å². The van der Waals surface area contributed by atoms with Crippen LogP contribution in [0.15, 0.2) is 40.9 Å². The zero-order chi connectivity index (χ0) is 17.9. The molecule has 1 unspecified atom stereocenters. The van der Waals surface area contributed by atoms with Gasteiger partial charge in [0.1, 0.15) is 0 Å². The van der Waals surface area contributed by atoms with Gasteiger partial charge in [-0.1, -0.05) is 28.1 Å². The van der Waals surface area contributed by atoms with Crippen molar-refractivity contribution in [2.24, 2.45) is 5.92 Å². The van der Waals surface area contributed by atoms with Gasteiger partial charge in [0, 0.05) is 15.9 Å². The van der Waals surface area contributed by atoms with Crippen LogP contribution in [0.1, 0.15) is 23.1 Å². The molecule has 1 heterocycles. The Hall–Kier alpha value is -2.21. The minimum Gasteiger partial charge on any atom is -0.465 e. The molecule has 1 amide bonds. The van der Waals surface area contributed by atoms with Crippen LogP contribution in [-0.4, -0.2) is 24.0 Å². The molecule has 1 saturated carbocycles. The molecule has 6 heteroatoms. The lowest BCUT2D eigenvalue weighted by Crippen LogP contribution is -2.29. The van der Waals surface area contributed by atoms with Crippen molar-refractivity contribution in [1.29, 1.82) is 0 Å². The van der Waals surface area contributed by atoms with Gasteiger partial charge >= 0.3 is 6.09 Å². The Morgan fingerprint density at radius 1 is 1.23 bits per heavy atom. The van der Waals surface area contributed by atoms with Gasteiger partial charge in [0.05, 0.1) is 0 Å². The summed E-state index contributed by atoms with van der Waals surface area (Å²) in [6, 6.07) is 12.3. The summed E-state index contributed by atoms with van der Waals surface area (Å²) >= 11 is 3.54. The molecule has 0 bridgehead atoms. The van der Waals surface area contributed by atoms with Gasteiger partial charge < -0.3 is 19.9 Å². The highest BCUT2D eigenvalue weighted by atomic mass is 79.9. The number of halogens is 1. The highest BCUT2D eigenvalue weighted by Gasteiger charge is 2.67. The van der Waals surface area contributed by atoms with E-state index in [1.165, 1.54) is 11.1 Å². The minimum absolute atomic E-state index is 0.0483. The quantitative estimate of drug-likeness (QED) is 0.798.